The second kappa shape index (κ2) is 8.28. The first-order valence-electron chi connectivity index (χ1n) is 8.01. The van der Waals surface area contributed by atoms with Crippen molar-refractivity contribution in [3.63, 3.8) is 0 Å². The molecule has 1 aromatic carbocycles. The van der Waals surface area contributed by atoms with Crippen LogP contribution in [-0.2, 0) is 9.53 Å². The van der Waals surface area contributed by atoms with E-state index in [0.29, 0.717) is 5.56 Å². The van der Waals surface area contributed by atoms with Crippen LogP contribution in [0.15, 0.2) is 41.0 Å². The molecule has 1 aromatic heterocycles. The van der Waals surface area contributed by atoms with Crippen LogP contribution in [0.1, 0.15) is 45.4 Å². The van der Waals surface area contributed by atoms with Gasteiger partial charge in [-0.25, -0.2) is 0 Å². The van der Waals surface area contributed by atoms with Crippen molar-refractivity contribution in [3.05, 3.63) is 59.0 Å². The molecule has 2 aromatic rings. The van der Waals surface area contributed by atoms with Gasteiger partial charge < -0.3 is 14.5 Å². The Bertz CT molecular complexity index is 764. The molecule has 2 rings (SSSR count). The zero-order valence-electron chi connectivity index (χ0n) is 14.5. The number of ketones is 1. The average Bonchev–Trinajstić information content (AvgIpc) is 3.11. The van der Waals surface area contributed by atoms with Crippen LogP contribution in [0.25, 0.3) is 0 Å². The molecule has 6 heteroatoms. The molecular formula is C19H21NO5. The molecule has 0 aliphatic heterocycles. The quantitative estimate of drug-likeness (QED) is 0.617. The highest BCUT2D eigenvalue weighted by Gasteiger charge is 2.20. The summed E-state index contributed by atoms with van der Waals surface area (Å²) >= 11 is 0. The van der Waals surface area contributed by atoms with E-state index in [-0.39, 0.29) is 24.5 Å². The molecule has 0 aliphatic carbocycles. The third-order valence-electron chi connectivity index (χ3n) is 3.83. The van der Waals surface area contributed by atoms with Gasteiger partial charge in [0.15, 0.2) is 11.9 Å². The molecule has 0 saturated heterocycles. The van der Waals surface area contributed by atoms with Gasteiger partial charge in [0.2, 0.25) is 5.78 Å². The molecule has 25 heavy (non-hydrogen) atoms. The maximum absolute atomic E-state index is 12.3. The standard InChI is InChI=1S/C19H21NO5/c1-12-6-7-15(11-13(12)2)18(22)14(3)25-17(21)8-9-20-19(23)16-5-4-10-24-16/h4-7,10-11,14H,8-9H2,1-3H3,(H,20,23)/t14-/m1/s1. The normalized spacial score (nSPS) is 11.6. The van der Waals surface area contributed by atoms with Crippen LogP contribution in [-0.4, -0.2) is 30.3 Å². The summed E-state index contributed by atoms with van der Waals surface area (Å²) in [5.74, 6) is -1.04. The Balaban J connectivity index is 1.80. The number of furan rings is 1. The molecule has 0 saturated carbocycles. The second-order valence-electron chi connectivity index (χ2n) is 5.78. The van der Waals surface area contributed by atoms with E-state index in [4.69, 9.17) is 9.15 Å². The van der Waals surface area contributed by atoms with Crippen LogP contribution in [0, 0.1) is 13.8 Å². The van der Waals surface area contributed by atoms with E-state index < -0.39 is 18.0 Å². The fourth-order valence-electron chi connectivity index (χ4n) is 2.21. The van der Waals surface area contributed by atoms with Crippen LogP contribution in [0.2, 0.25) is 0 Å². The highest BCUT2D eigenvalue weighted by molar-refractivity contribution is 6.00. The molecule has 6 nitrogen and oxygen atoms in total. The van der Waals surface area contributed by atoms with Crippen LogP contribution < -0.4 is 5.32 Å². The number of esters is 1. The van der Waals surface area contributed by atoms with Gasteiger partial charge in [-0.3, -0.25) is 14.4 Å². The maximum Gasteiger partial charge on any atom is 0.308 e. The molecule has 132 valence electrons. The largest absolute Gasteiger partial charge is 0.459 e. The summed E-state index contributed by atoms with van der Waals surface area (Å²) in [6.07, 6.45) is 0.482. The van der Waals surface area contributed by atoms with Crippen molar-refractivity contribution in [1.82, 2.24) is 5.32 Å². The number of aryl methyl sites for hydroxylation is 2. The molecule has 0 aliphatic rings. The van der Waals surface area contributed by atoms with E-state index in [2.05, 4.69) is 5.32 Å². The molecule has 1 heterocycles. The van der Waals surface area contributed by atoms with Gasteiger partial charge in [-0.1, -0.05) is 12.1 Å². The van der Waals surface area contributed by atoms with Gasteiger partial charge in [-0.15, -0.1) is 0 Å². The lowest BCUT2D eigenvalue weighted by molar-refractivity contribution is -0.146. The lowest BCUT2D eigenvalue weighted by atomic mass is 10.0. The Morgan fingerprint density at radius 2 is 1.92 bits per heavy atom. The van der Waals surface area contributed by atoms with Crippen molar-refractivity contribution >= 4 is 17.7 Å². The lowest BCUT2D eigenvalue weighted by Gasteiger charge is -2.13. The van der Waals surface area contributed by atoms with Crippen molar-refractivity contribution in [3.8, 4) is 0 Å². The van der Waals surface area contributed by atoms with Gasteiger partial charge >= 0.3 is 5.97 Å². The number of nitrogens with one attached hydrogen (secondary N) is 1. The summed E-state index contributed by atoms with van der Waals surface area (Å²) in [4.78, 5) is 35.8. The highest BCUT2D eigenvalue weighted by Crippen LogP contribution is 2.13. The number of benzene rings is 1. The Morgan fingerprint density at radius 3 is 2.56 bits per heavy atom. The van der Waals surface area contributed by atoms with Gasteiger partial charge in [0.25, 0.3) is 5.91 Å². The first-order valence-corrected chi connectivity index (χ1v) is 8.01. The Kier molecular flexibility index (Phi) is 6.11. The number of rotatable bonds is 7. The van der Waals surface area contributed by atoms with E-state index in [0.717, 1.165) is 11.1 Å². The van der Waals surface area contributed by atoms with E-state index in [1.54, 1.807) is 18.2 Å². The number of hydrogen-bond donors (Lipinski definition) is 1. The zero-order chi connectivity index (χ0) is 18.4. The number of amides is 1. The second-order valence-corrected chi connectivity index (χ2v) is 5.78. The molecule has 0 spiro atoms. The van der Waals surface area contributed by atoms with E-state index >= 15 is 0 Å². The lowest BCUT2D eigenvalue weighted by Crippen LogP contribution is -2.29. The first kappa shape index (κ1) is 18.4. The van der Waals surface area contributed by atoms with Gasteiger partial charge in [0.05, 0.1) is 12.7 Å². The summed E-state index contributed by atoms with van der Waals surface area (Å²) in [5.41, 5.74) is 2.60. The molecule has 1 atom stereocenters. The van der Waals surface area contributed by atoms with Crippen LogP contribution in [0.3, 0.4) is 0 Å². The molecular weight excluding hydrogens is 322 g/mol. The predicted octanol–water partition coefficient (Wildman–Crippen LogP) is 2.83. The molecule has 0 radical (unpaired) electrons. The number of carbonyl (C=O) groups excluding carboxylic acids is 3. The van der Waals surface area contributed by atoms with Gasteiger partial charge in [0, 0.05) is 12.1 Å². The Morgan fingerprint density at radius 1 is 1.16 bits per heavy atom. The highest BCUT2D eigenvalue weighted by atomic mass is 16.5. The average molecular weight is 343 g/mol. The van der Waals surface area contributed by atoms with Crippen molar-refractivity contribution in [2.45, 2.75) is 33.3 Å². The van der Waals surface area contributed by atoms with E-state index in [1.807, 2.05) is 19.9 Å². The third-order valence-corrected chi connectivity index (χ3v) is 3.83. The van der Waals surface area contributed by atoms with Gasteiger partial charge in [0.1, 0.15) is 0 Å². The maximum atomic E-state index is 12.3. The molecule has 0 unspecified atom stereocenters. The Labute approximate surface area is 146 Å². The van der Waals surface area contributed by atoms with Crippen molar-refractivity contribution in [2.24, 2.45) is 0 Å². The van der Waals surface area contributed by atoms with Gasteiger partial charge in [-0.2, -0.15) is 0 Å². The van der Waals surface area contributed by atoms with E-state index in [1.165, 1.54) is 19.3 Å². The SMILES string of the molecule is Cc1ccc(C(=O)[C@@H](C)OC(=O)CCNC(=O)c2ccco2)cc1C. The van der Waals surface area contributed by atoms with Crippen molar-refractivity contribution < 1.29 is 23.5 Å². The number of hydrogen-bond acceptors (Lipinski definition) is 5. The summed E-state index contributed by atoms with van der Waals surface area (Å²) < 4.78 is 10.1. The first-order chi connectivity index (χ1) is 11.9. The predicted molar refractivity (Wildman–Crippen MR) is 91.5 cm³/mol. The number of Topliss-reactive ketones (excluding diaryl/α,β-unsaturated/α-hetero) is 1. The minimum atomic E-state index is -0.879. The van der Waals surface area contributed by atoms with Crippen LogP contribution >= 0.6 is 0 Å². The smallest absolute Gasteiger partial charge is 0.308 e. The summed E-state index contributed by atoms with van der Waals surface area (Å²) in [6.45, 7) is 5.52. The van der Waals surface area contributed by atoms with Gasteiger partial charge in [-0.05, 0) is 50.1 Å². The molecule has 1 amide bonds. The molecule has 0 fully saturated rings. The summed E-state index contributed by atoms with van der Waals surface area (Å²) in [6, 6.07) is 8.49. The topological polar surface area (TPSA) is 85.6 Å². The van der Waals surface area contributed by atoms with Crippen molar-refractivity contribution in [2.75, 3.05) is 6.54 Å². The third kappa shape index (κ3) is 5.04. The minimum Gasteiger partial charge on any atom is -0.459 e. The summed E-state index contributed by atoms with van der Waals surface area (Å²) in [5, 5.41) is 2.55. The fraction of sp³-hybridized carbons (Fsp3) is 0.316. The fourth-order valence-corrected chi connectivity index (χ4v) is 2.21. The monoisotopic (exact) mass is 343 g/mol. The Hall–Kier alpha value is -2.89. The van der Waals surface area contributed by atoms with Crippen LogP contribution in [0.4, 0.5) is 0 Å². The zero-order valence-corrected chi connectivity index (χ0v) is 14.5. The molecule has 1 N–H and O–H groups in total. The summed E-state index contributed by atoms with van der Waals surface area (Å²) in [7, 11) is 0. The van der Waals surface area contributed by atoms with E-state index in [9.17, 15) is 14.4 Å². The van der Waals surface area contributed by atoms with Crippen LogP contribution in [0.5, 0.6) is 0 Å². The minimum absolute atomic E-state index is 0.0308. The molecule has 0 bridgehead atoms. The number of ether oxygens (including phenoxy) is 1. The number of carbonyl (C=O) groups is 3. The van der Waals surface area contributed by atoms with Crippen molar-refractivity contribution in [1.29, 1.82) is 0 Å².